The monoisotopic (exact) mass is 220 g/mol. The van der Waals surface area contributed by atoms with Crippen molar-refractivity contribution < 1.29 is 4.92 Å². The summed E-state index contributed by atoms with van der Waals surface area (Å²) in [5.41, 5.74) is 5.69. The molecule has 2 N–H and O–H groups in total. The van der Waals surface area contributed by atoms with Crippen LogP contribution in [-0.2, 0) is 0 Å². The van der Waals surface area contributed by atoms with E-state index in [2.05, 4.69) is 15.1 Å². The molecule has 8 nitrogen and oxygen atoms in total. The molecule has 82 valence electrons. The molecule has 0 unspecified atom stereocenters. The third-order valence-corrected chi connectivity index (χ3v) is 2.03. The number of rotatable bonds is 2. The van der Waals surface area contributed by atoms with Crippen LogP contribution in [-0.4, -0.2) is 24.7 Å². The van der Waals surface area contributed by atoms with Crippen molar-refractivity contribution in [3.8, 4) is 5.82 Å². The quantitative estimate of drug-likeness (QED) is 0.581. The van der Waals surface area contributed by atoms with Crippen LogP contribution in [0.5, 0.6) is 0 Å². The predicted octanol–water partition coefficient (Wildman–Crippen LogP) is 0.461. The van der Waals surface area contributed by atoms with Crippen LogP contribution in [0, 0.1) is 17.0 Å². The van der Waals surface area contributed by atoms with Gasteiger partial charge in [-0.25, -0.2) is 9.97 Å². The largest absolute Gasteiger partial charge is 0.378 e. The number of nitrogens with two attached hydrogens (primary N) is 1. The van der Waals surface area contributed by atoms with Crippen LogP contribution in [0.2, 0.25) is 0 Å². The Kier molecular flexibility index (Phi) is 2.24. The van der Waals surface area contributed by atoms with Gasteiger partial charge in [0.05, 0.1) is 4.92 Å². The number of nitro groups is 1. The summed E-state index contributed by atoms with van der Waals surface area (Å²) in [6, 6.07) is 1.56. The van der Waals surface area contributed by atoms with Gasteiger partial charge in [-0.15, -0.1) is 0 Å². The average Bonchev–Trinajstić information content (AvgIpc) is 2.55. The average molecular weight is 220 g/mol. The SMILES string of the molecule is Cc1nn(-c2ccncn2)c(N)c1[N+](=O)[O-]. The smallest absolute Gasteiger partial charge is 0.333 e. The minimum atomic E-state index is -0.560. The normalized spacial score (nSPS) is 10.3. The number of anilines is 1. The van der Waals surface area contributed by atoms with Crippen molar-refractivity contribution >= 4 is 11.5 Å². The first-order valence-electron chi connectivity index (χ1n) is 4.37. The number of nitrogens with zero attached hydrogens (tertiary/aromatic N) is 5. The first-order valence-corrected chi connectivity index (χ1v) is 4.37. The van der Waals surface area contributed by atoms with E-state index in [-0.39, 0.29) is 17.2 Å². The third kappa shape index (κ3) is 1.45. The van der Waals surface area contributed by atoms with E-state index in [4.69, 9.17) is 5.73 Å². The molecule has 0 saturated heterocycles. The highest BCUT2D eigenvalue weighted by molar-refractivity contribution is 5.58. The maximum absolute atomic E-state index is 10.7. The van der Waals surface area contributed by atoms with Crippen molar-refractivity contribution in [1.82, 2.24) is 19.7 Å². The number of hydrogen-bond donors (Lipinski definition) is 1. The van der Waals surface area contributed by atoms with Crippen LogP contribution in [0.1, 0.15) is 5.69 Å². The van der Waals surface area contributed by atoms with Gasteiger partial charge in [-0.1, -0.05) is 0 Å². The summed E-state index contributed by atoms with van der Waals surface area (Å²) in [6.07, 6.45) is 2.82. The van der Waals surface area contributed by atoms with Gasteiger partial charge in [0.15, 0.2) is 5.82 Å². The minimum absolute atomic E-state index is 0.0406. The van der Waals surface area contributed by atoms with Gasteiger partial charge in [0.1, 0.15) is 12.0 Å². The second-order valence-corrected chi connectivity index (χ2v) is 3.06. The van der Waals surface area contributed by atoms with Gasteiger partial charge in [0.2, 0.25) is 5.82 Å². The molecule has 0 aliphatic carbocycles. The van der Waals surface area contributed by atoms with E-state index < -0.39 is 4.92 Å². The highest BCUT2D eigenvalue weighted by atomic mass is 16.6. The van der Waals surface area contributed by atoms with E-state index in [0.29, 0.717) is 5.82 Å². The maximum atomic E-state index is 10.7. The highest BCUT2D eigenvalue weighted by Crippen LogP contribution is 2.26. The second-order valence-electron chi connectivity index (χ2n) is 3.06. The van der Waals surface area contributed by atoms with E-state index in [1.165, 1.54) is 24.1 Å². The van der Waals surface area contributed by atoms with Crippen LogP contribution in [0.3, 0.4) is 0 Å². The Bertz CT molecular complexity index is 535. The molecule has 2 rings (SSSR count). The summed E-state index contributed by atoms with van der Waals surface area (Å²) < 4.78 is 1.22. The molecule has 2 heterocycles. The van der Waals surface area contributed by atoms with Gasteiger partial charge in [0.25, 0.3) is 0 Å². The van der Waals surface area contributed by atoms with Crippen molar-refractivity contribution in [1.29, 1.82) is 0 Å². The second kappa shape index (κ2) is 3.57. The van der Waals surface area contributed by atoms with Crippen molar-refractivity contribution in [2.75, 3.05) is 5.73 Å². The van der Waals surface area contributed by atoms with Gasteiger partial charge in [-0.3, -0.25) is 10.1 Å². The Balaban J connectivity index is 2.61. The predicted molar refractivity (Wildman–Crippen MR) is 55.0 cm³/mol. The van der Waals surface area contributed by atoms with Gasteiger partial charge in [-0.2, -0.15) is 9.78 Å². The molecule has 0 amide bonds. The van der Waals surface area contributed by atoms with Crippen molar-refractivity contribution in [3.63, 3.8) is 0 Å². The molecule has 16 heavy (non-hydrogen) atoms. The number of aryl methyl sites for hydroxylation is 1. The zero-order valence-electron chi connectivity index (χ0n) is 8.36. The molecule has 0 aliphatic heterocycles. The van der Waals surface area contributed by atoms with Crippen LogP contribution < -0.4 is 5.73 Å². The summed E-state index contributed by atoms with van der Waals surface area (Å²) in [6.45, 7) is 1.52. The van der Waals surface area contributed by atoms with Crippen LogP contribution in [0.4, 0.5) is 11.5 Å². The lowest BCUT2D eigenvalue weighted by atomic mass is 10.4. The number of nitrogen functional groups attached to an aromatic ring is 1. The van der Waals surface area contributed by atoms with Gasteiger partial charge >= 0.3 is 5.69 Å². The fourth-order valence-electron chi connectivity index (χ4n) is 1.35. The molecular formula is C8H8N6O2. The summed E-state index contributed by atoms with van der Waals surface area (Å²) in [5.74, 6) is 0.352. The van der Waals surface area contributed by atoms with Gasteiger partial charge in [0, 0.05) is 12.3 Å². The molecule has 0 bridgehead atoms. The lowest BCUT2D eigenvalue weighted by molar-refractivity contribution is -0.384. The Morgan fingerprint density at radius 2 is 2.31 bits per heavy atom. The minimum Gasteiger partial charge on any atom is -0.378 e. The van der Waals surface area contributed by atoms with Crippen LogP contribution >= 0.6 is 0 Å². The lowest BCUT2D eigenvalue weighted by Gasteiger charge is -1.99. The molecule has 2 aromatic rings. The van der Waals surface area contributed by atoms with Gasteiger partial charge in [-0.05, 0) is 6.92 Å². The summed E-state index contributed by atoms with van der Waals surface area (Å²) in [7, 11) is 0. The van der Waals surface area contributed by atoms with Crippen LogP contribution in [0.15, 0.2) is 18.6 Å². The topological polar surface area (TPSA) is 113 Å². The molecule has 2 aromatic heterocycles. The molecule has 0 aliphatic rings. The first-order chi connectivity index (χ1) is 7.61. The molecule has 0 atom stereocenters. The number of aromatic nitrogens is 4. The first kappa shape index (κ1) is 10.0. The molecule has 0 spiro atoms. The van der Waals surface area contributed by atoms with E-state index >= 15 is 0 Å². The van der Waals surface area contributed by atoms with Crippen molar-refractivity contribution in [3.05, 3.63) is 34.4 Å². The zero-order chi connectivity index (χ0) is 11.7. The molecule has 0 radical (unpaired) electrons. The van der Waals surface area contributed by atoms with Crippen molar-refractivity contribution in [2.45, 2.75) is 6.92 Å². The Labute approximate surface area is 89.9 Å². The Hall–Kier alpha value is -2.51. The summed E-state index contributed by atoms with van der Waals surface area (Å²) in [4.78, 5) is 17.8. The highest BCUT2D eigenvalue weighted by Gasteiger charge is 2.23. The zero-order valence-corrected chi connectivity index (χ0v) is 8.36. The third-order valence-electron chi connectivity index (χ3n) is 2.03. The molecular weight excluding hydrogens is 212 g/mol. The molecule has 8 heteroatoms. The van der Waals surface area contributed by atoms with E-state index in [0.717, 1.165) is 0 Å². The fraction of sp³-hybridized carbons (Fsp3) is 0.125. The number of hydrogen-bond acceptors (Lipinski definition) is 6. The lowest BCUT2D eigenvalue weighted by Crippen LogP contribution is -2.04. The standard InChI is InChI=1S/C8H8N6O2/c1-5-7(14(15)16)8(9)13(12-5)6-2-3-10-4-11-6/h2-4H,9H2,1H3. The maximum Gasteiger partial charge on any atom is 0.333 e. The summed E-state index contributed by atoms with van der Waals surface area (Å²) >= 11 is 0. The summed E-state index contributed by atoms with van der Waals surface area (Å²) in [5, 5.41) is 14.7. The Morgan fingerprint density at radius 3 is 2.81 bits per heavy atom. The Morgan fingerprint density at radius 1 is 1.56 bits per heavy atom. The van der Waals surface area contributed by atoms with Gasteiger partial charge < -0.3 is 5.73 Å². The van der Waals surface area contributed by atoms with E-state index in [1.807, 2.05) is 0 Å². The van der Waals surface area contributed by atoms with Crippen LogP contribution in [0.25, 0.3) is 5.82 Å². The molecule has 0 aromatic carbocycles. The van der Waals surface area contributed by atoms with E-state index in [1.54, 1.807) is 6.07 Å². The molecule has 0 fully saturated rings. The van der Waals surface area contributed by atoms with Crippen molar-refractivity contribution in [2.24, 2.45) is 0 Å². The fourth-order valence-corrected chi connectivity index (χ4v) is 1.35. The molecule has 0 saturated carbocycles. The van der Waals surface area contributed by atoms with E-state index in [9.17, 15) is 10.1 Å².